The van der Waals surface area contributed by atoms with Crippen LogP contribution in [0, 0.1) is 0 Å². The molecule has 1 N–H and O–H groups in total. The van der Waals surface area contributed by atoms with E-state index in [0.29, 0.717) is 28.4 Å². The van der Waals surface area contributed by atoms with Crippen LogP contribution in [0.5, 0.6) is 0 Å². The van der Waals surface area contributed by atoms with Crippen LogP contribution >= 0.6 is 0 Å². The summed E-state index contributed by atoms with van der Waals surface area (Å²) in [4.78, 5) is 0. The molecule has 0 fully saturated rings. The molecule has 0 amide bonds. The predicted molar refractivity (Wildman–Crippen MR) is 78.3 cm³/mol. The molecular formula is C8H22O4S4. The van der Waals surface area contributed by atoms with E-state index in [1.807, 2.05) is 6.92 Å². The fourth-order valence-corrected chi connectivity index (χ4v) is 3.71. The Morgan fingerprint density at radius 1 is 1.19 bits per heavy atom. The van der Waals surface area contributed by atoms with Crippen molar-refractivity contribution in [3.05, 3.63) is 0 Å². The van der Waals surface area contributed by atoms with Gasteiger partial charge in [-0.15, -0.1) is 10.3 Å². The molecule has 0 rings (SSSR count). The Morgan fingerprint density at radius 3 is 1.81 bits per heavy atom. The third kappa shape index (κ3) is 12.9. The Hall–Kier alpha value is 0.790. The van der Waals surface area contributed by atoms with Crippen LogP contribution in [0.2, 0.25) is 0 Å². The van der Waals surface area contributed by atoms with Crippen molar-refractivity contribution in [2.24, 2.45) is 0 Å². The van der Waals surface area contributed by atoms with Gasteiger partial charge in [0.15, 0.2) is 0 Å². The van der Waals surface area contributed by atoms with Gasteiger partial charge in [0.2, 0.25) is 0 Å². The van der Waals surface area contributed by atoms with Gasteiger partial charge in [0.25, 0.3) is 0 Å². The van der Waals surface area contributed by atoms with Crippen LogP contribution in [0.15, 0.2) is 0 Å². The van der Waals surface area contributed by atoms with Gasteiger partial charge < -0.3 is 4.55 Å². The number of rotatable bonds is 5. The van der Waals surface area contributed by atoms with Gasteiger partial charge in [-0.2, -0.15) is 0 Å². The third-order valence-corrected chi connectivity index (χ3v) is 7.83. The fraction of sp³-hybridized carbons (Fsp3) is 1.00. The predicted octanol–water partition coefficient (Wildman–Crippen LogP) is 1.22. The SMILES string of the molecule is CCOS(=O)(=S)CC.CC[SH]=S(=O)(O)CC. The van der Waals surface area contributed by atoms with Crippen LogP contribution in [0.3, 0.4) is 0 Å². The van der Waals surface area contributed by atoms with Crippen molar-refractivity contribution in [2.75, 3.05) is 23.9 Å². The topological polar surface area (TPSA) is 63.6 Å². The molecule has 0 heterocycles. The molecular weight excluding hydrogens is 288 g/mol. The van der Waals surface area contributed by atoms with Crippen molar-refractivity contribution in [3.63, 3.8) is 0 Å². The Balaban J connectivity index is 0. The van der Waals surface area contributed by atoms with Crippen LogP contribution in [0.4, 0.5) is 0 Å². The fourth-order valence-electron chi connectivity index (χ4n) is 0.556. The van der Waals surface area contributed by atoms with E-state index in [1.165, 1.54) is 0 Å². The molecule has 4 nitrogen and oxygen atoms in total. The van der Waals surface area contributed by atoms with E-state index in [9.17, 15) is 8.42 Å². The van der Waals surface area contributed by atoms with Crippen molar-refractivity contribution in [1.82, 2.24) is 0 Å². The molecule has 0 spiro atoms. The summed E-state index contributed by atoms with van der Waals surface area (Å²) < 4.78 is 35.0. The number of hydrogen-bond donors (Lipinski definition) is 2. The molecule has 0 aromatic heterocycles. The Morgan fingerprint density at radius 2 is 1.69 bits per heavy atom. The van der Waals surface area contributed by atoms with Crippen LogP contribution in [-0.2, 0) is 43.2 Å². The molecule has 0 aliphatic rings. The van der Waals surface area contributed by atoms with Crippen molar-refractivity contribution in [2.45, 2.75) is 27.7 Å². The summed E-state index contributed by atoms with van der Waals surface area (Å²) in [6.45, 7) is 7.60. The molecule has 0 saturated carbocycles. The van der Waals surface area contributed by atoms with Crippen molar-refractivity contribution in [3.8, 4) is 0 Å². The Bertz CT molecular complexity index is 365. The molecule has 0 radical (unpaired) electrons. The first-order valence-corrected chi connectivity index (χ1v) is 11.0. The van der Waals surface area contributed by atoms with Crippen LogP contribution in [0.1, 0.15) is 27.7 Å². The van der Waals surface area contributed by atoms with Gasteiger partial charge in [-0.1, -0.05) is 20.8 Å². The zero-order valence-corrected chi connectivity index (χ0v) is 13.5. The van der Waals surface area contributed by atoms with Crippen molar-refractivity contribution < 1.29 is 17.2 Å². The van der Waals surface area contributed by atoms with E-state index < -0.39 is 17.5 Å². The number of thiol groups is 1. The lowest BCUT2D eigenvalue weighted by Crippen LogP contribution is -2.05. The summed E-state index contributed by atoms with van der Waals surface area (Å²) in [6.07, 6.45) is 0. The molecule has 0 aliphatic heterocycles. The molecule has 102 valence electrons. The smallest absolute Gasteiger partial charge is 0.143 e. The summed E-state index contributed by atoms with van der Waals surface area (Å²) in [5.74, 6) is 1.57. The molecule has 8 heteroatoms. The maximum Gasteiger partial charge on any atom is 0.143 e. The Labute approximate surface area is 107 Å². The van der Waals surface area contributed by atoms with Crippen LogP contribution in [-0.4, -0.2) is 36.8 Å². The van der Waals surface area contributed by atoms with Crippen LogP contribution < -0.4 is 0 Å². The Kier molecular flexibility index (Phi) is 11.7. The zero-order chi connectivity index (χ0) is 13.2. The summed E-state index contributed by atoms with van der Waals surface area (Å²) in [6, 6.07) is 0. The summed E-state index contributed by atoms with van der Waals surface area (Å²) in [5.41, 5.74) is 0. The molecule has 2 unspecified atom stereocenters. The minimum absolute atomic E-state index is 0.377. The van der Waals surface area contributed by atoms with Gasteiger partial charge in [0, 0.05) is 22.7 Å². The van der Waals surface area contributed by atoms with Crippen LogP contribution in [0.25, 0.3) is 0 Å². The molecule has 0 aliphatic carbocycles. The highest BCUT2D eigenvalue weighted by Gasteiger charge is 1.97. The maximum absolute atomic E-state index is 10.7. The monoisotopic (exact) mass is 310 g/mol. The van der Waals surface area contributed by atoms with Gasteiger partial charge in [0.1, 0.15) is 17.5 Å². The molecule has 2 atom stereocenters. The number of hydrogen-bond acceptors (Lipinski definition) is 4. The molecule has 0 bridgehead atoms. The largest absolute Gasteiger partial charge is 0.309 e. The average Bonchev–Trinajstić information content (AvgIpc) is 2.19. The normalized spacial score (nSPS) is 17.8. The summed E-state index contributed by atoms with van der Waals surface area (Å²) >= 11 is 4.55. The highest BCUT2D eigenvalue weighted by molar-refractivity contribution is 8.36. The van der Waals surface area contributed by atoms with Gasteiger partial charge >= 0.3 is 0 Å². The minimum Gasteiger partial charge on any atom is -0.309 e. The standard InChI is InChI=1S/C4H12O2S2.C4H10O2S2/c1-3-7-8(5,6)4-2;1-3-6-8(5,7)4-2/h7H,3-4H2,1-2H3,(H,5,6);3-4H2,1-2H3. The van der Waals surface area contributed by atoms with E-state index in [0.717, 1.165) is 5.75 Å². The lowest BCUT2D eigenvalue weighted by molar-refractivity contribution is 0.370. The lowest BCUT2D eigenvalue weighted by Gasteiger charge is -1.99. The molecule has 0 saturated heterocycles. The second-order valence-electron chi connectivity index (χ2n) is 2.59. The van der Waals surface area contributed by atoms with E-state index in [-0.39, 0.29) is 0 Å². The summed E-state index contributed by atoms with van der Waals surface area (Å²) in [7, 11) is -4.11. The van der Waals surface area contributed by atoms with Gasteiger partial charge in [0.05, 0.1) is 6.61 Å². The molecule has 16 heavy (non-hydrogen) atoms. The van der Waals surface area contributed by atoms with Crippen molar-refractivity contribution in [1.29, 1.82) is 0 Å². The van der Waals surface area contributed by atoms with Gasteiger partial charge in [-0.05, 0) is 12.7 Å². The van der Waals surface area contributed by atoms with Gasteiger partial charge in [-0.3, -0.25) is 4.18 Å². The quantitative estimate of drug-likeness (QED) is 0.748. The third-order valence-electron chi connectivity index (χ3n) is 1.36. The zero-order valence-electron chi connectivity index (χ0n) is 10.2. The highest BCUT2D eigenvalue weighted by Crippen LogP contribution is 1.90. The first-order valence-electron chi connectivity index (χ1n) is 5.04. The van der Waals surface area contributed by atoms with Crippen molar-refractivity contribution >= 4 is 39.1 Å². The van der Waals surface area contributed by atoms with E-state index >= 15 is 0 Å². The van der Waals surface area contributed by atoms with E-state index in [2.05, 4.69) is 11.2 Å². The minimum atomic E-state index is -2.45. The first-order chi connectivity index (χ1) is 7.24. The van der Waals surface area contributed by atoms with Gasteiger partial charge in [-0.25, -0.2) is 8.42 Å². The van der Waals surface area contributed by atoms with E-state index in [1.54, 1.807) is 20.8 Å². The van der Waals surface area contributed by atoms with E-state index in [4.69, 9.17) is 8.74 Å². The highest BCUT2D eigenvalue weighted by atomic mass is 32.9. The average molecular weight is 311 g/mol. The molecule has 0 aromatic rings. The second-order valence-corrected chi connectivity index (χ2v) is 11.2. The maximum atomic E-state index is 10.7. The second kappa shape index (κ2) is 9.78. The lowest BCUT2D eigenvalue weighted by atomic mass is 10.9. The molecule has 0 aromatic carbocycles. The first kappa shape index (κ1) is 19.1. The summed E-state index contributed by atoms with van der Waals surface area (Å²) in [5, 5.41) is 0.